The van der Waals surface area contributed by atoms with Crippen LogP contribution in [0.15, 0.2) is 60.7 Å². The lowest BCUT2D eigenvalue weighted by Gasteiger charge is -2.41. The molecule has 2 aliphatic rings. The molecule has 1 aliphatic heterocycles. The Morgan fingerprint density at radius 2 is 1.90 bits per heavy atom. The molecule has 3 aromatic rings. The van der Waals surface area contributed by atoms with E-state index < -0.39 is 17.7 Å². The Morgan fingerprint density at radius 1 is 1.06 bits per heavy atom. The van der Waals surface area contributed by atoms with Crippen molar-refractivity contribution in [3.63, 3.8) is 0 Å². The summed E-state index contributed by atoms with van der Waals surface area (Å²) < 4.78 is 44.8. The fraction of sp³-hybridized carbons (Fsp3) is 0.261. The van der Waals surface area contributed by atoms with Crippen molar-refractivity contribution in [3.8, 4) is 0 Å². The van der Waals surface area contributed by atoms with Crippen LogP contribution in [0.4, 0.5) is 30.4 Å². The van der Waals surface area contributed by atoms with E-state index in [4.69, 9.17) is 10.5 Å². The molecule has 0 saturated carbocycles. The second-order valence-corrected chi connectivity index (χ2v) is 7.90. The van der Waals surface area contributed by atoms with Crippen LogP contribution in [0.25, 0.3) is 0 Å². The average Bonchev–Trinajstić information content (AvgIpc) is 3.19. The highest BCUT2D eigenvalue weighted by Gasteiger charge is 2.43. The summed E-state index contributed by atoms with van der Waals surface area (Å²) in [6.45, 7) is 0.295. The van der Waals surface area contributed by atoms with Gasteiger partial charge in [-0.1, -0.05) is 30.3 Å². The number of rotatable bonds is 3. The van der Waals surface area contributed by atoms with Crippen LogP contribution in [0.1, 0.15) is 34.7 Å². The number of nitrogens with one attached hydrogen (secondary N) is 2. The molecule has 31 heavy (non-hydrogen) atoms. The van der Waals surface area contributed by atoms with Gasteiger partial charge in [0, 0.05) is 22.9 Å². The topological polar surface area (TPSA) is 72.2 Å². The van der Waals surface area contributed by atoms with E-state index in [1.165, 1.54) is 23.3 Å². The van der Waals surface area contributed by atoms with Crippen molar-refractivity contribution in [1.82, 2.24) is 4.98 Å². The number of anilines is 3. The fourth-order valence-corrected chi connectivity index (χ4v) is 4.36. The van der Waals surface area contributed by atoms with E-state index in [1.807, 2.05) is 24.3 Å². The van der Waals surface area contributed by atoms with Gasteiger partial charge in [0.1, 0.15) is 11.5 Å². The smallest absolute Gasteiger partial charge is 0.344 e. The minimum Gasteiger partial charge on any atom is -0.344 e. The molecule has 2 heterocycles. The summed E-state index contributed by atoms with van der Waals surface area (Å²) >= 11 is 0. The van der Waals surface area contributed by atoms with Gasteiger partial charge in [0.05, 0.1) is 6.61 Å². The molecule has 4 N–H and O–H groups in total. The number of nitrogens with zero attached hydrogens (tertiary/aromatic N) is 1. The number of ether oxygens (including phenoxy) is 1. The van der Waals surface area contributed by atoms with Crippen molar-refractivity contribution in [1.29, 1.82) is 0 Å². The number of aromatic nitrogens is 1. The van der Waals surface area contributed by atoms with Crippen LogP contribution >= 0.6 is 0 Å². The van der Waals surface area contributed by atoms with E-state index in [-0.39, 0.29) is 11.7 Å². The van der Waals surface area contributed by atoms with Gasteiger partial charge in [0.25, 0.3) is 0 Å². The third-order valence-corrected chi connectivity index (χ3v) is 5.86. The summed E-state index contributed by atoms with van der Waals surface area (Å²) in [5.41, 5.74) is 10.5. The largest absolute Gasteiger partial charge is 0.433 e. The molecule has 0 bridgehead atoms. The number of alkyl halides is 3. The molecule has 2 aromatic carbocycles. The molecule has 0 fully saturated rings. The molecule has 8 heteroatoms. The Labute approximate surface area is 177 Å². The number of hydrogen-bond acceptors (Lipinski definition) is 5. The molecule has 0 radical (unpaired) electrons. The zero-order chi connectivity index (χ0) is 21.6. The molecular formula is C23H21F3N4O. The second kappa shape index (κ2) is 7.25. The van der Waals surface area contributed by atoms with E-state index in [1.54, 1.807) is 6.07 Å². The molecule has 0 spiro atoms. The van der Waals surface area contributed by atoms with Crippen molar-refractivity contribution in [2.24, 2.45) is 5.73 Å². The quantitative estimate of drug-likeness (QED) is 0.542. The van der Waals surface area contributed by atoms with Gasteiger partial charge in [-0.2, -0.15) is 13.2 Å². The van der Waals surface area contributed by atoms with Gasteiger partial charge in [-0.05, 0) is 54.3 Å². The van der Waals surface area contributed by atoms with E-state index in [0.29, 0.717) is 12.3 Å². The molecule has 5 nitrogen and oxygen atoms in total. The molecule has 1 aromatic heterocycles. The van der Waals surface area contributed by atoms with E-state index >= 15 is 0 Å². The standard InChI is InChI=1S/C23H21F3N4O/c24-22(25,26)20-6-3-7-21(29-20)28-16-9-11-19-15(12-16)13-31-23(27,30-19)18-10-8-14-4-1-2-5-17(14)18/h1-7,9,11-12,18,30H,8,10,13,27H2,(H,28,29)/t18?,23-/m1/s1. The maximum atomic E-state index is 12.9. The van der Waals surface area contributed by atoms with Crippen LogP contribution in [-0.2, 0) is 23.9 Å². The number of aryl methyl sites for hydroxylation is 1. The fourth-order valence-electron chi connectivity index (χ4n) is 4.36. The lowest BCUT2D eigenvalue weighted by molar-refractivity contribution is -0.141. The summed E-state index contributed by atoms with van der Waals surface area (Å²) in [4.78, 5) is 3.65. The average molecular weight is 426 g/mol. The Morgan fingerprint density at radius 3 is 2.74 bits per heavy atom. The minimum absolute atomic E-state index is 0.0314. The summed E-state index contributed by atoms with van der Waals surface area (Å²) in [6, 6.07) is 17.5. The second-order valence-electron chi connectivity index (χ2n) is 7.90. The molecule has 2 atom stereocenters. The van der Waals surface area contributed by atoms with Gasteiger partial charge in [-0.15, -0.1) is 0 Å². The first-order valence-electron chi connectivity index (χ1n) is 10.0. The van der Waals surface area contributed by atoms with Crippen molar-refractivity contribution >= 4 is 17.2 Å². The third-order valence-electron chi connectivity index (χ3n) is 5.86. The zero-order valence-corrected chi connectivity index (χ0v) is 16.5. The normalized spacial score (nSPS) is 22.4. The SMILES string of the molecule is N[C@]1(C2CCc3ccccc32)Nc2ccc(Nc3cccc(C(F)(F)F)n3)cc2CO1. The van der Waals surface area contributed by atoms with Crippen molar-refractivity contribution in [3.05, 3.63) is 83.0 Å². The van der Waals surface area contributed by atoms with Crippen molar-refractivity contribution in [2.45, 2.75) is 37.4 Å². The van der Waals surface area contributed by atoms with Gasteiger partial charge in [-0.25, -0.2) is 4.98 Å². The molecular weight excluding hydrogens is 405 g/mol. The Hall–Kier alpha value is -3.10. The number of pyridine rings is 1. The third kappa shape index (κ3) is 3.73. The summed E-state index contributed by atoms with van der Waals surface area (Å²) in [5, 5.41) is 6.27. The van der Waals surface area contributed by atoms with E-state index in [2.05, 4.69) is 27.8 Å². The van der Waals surface area contributed by atoms with Crippen LogP contribution < -0.4 is 16.4 Å². The van der Waals surface area contributed by atoms with Crippen LogP contribution in [0, 0.1) is 0 Å². The number of benzene rings is 2. The summed E-state index contributed by atoms with van der Waals surface area (Å²) in [5.74, 6) is -0.865. The first kappa shape index (κ1) is 19.8. The highest BCUT2D eigenvalue weighted by molar-refractivity contribution is 5.65. The number of hydrogen-bond donors (Lipinski definition) is 3. The summed E-state index contributed by atoms with van der Waals surface area (Å²) in [7, 11) is 0. The first-order chi connectivity index (χ1) is 14.8. The summed E-state index contributed by atoms with van der Waals surface area (Å²) in [6.07, 6.45) is -2.63. The molecule has 1 aliphatic carbocycles. The monoisotopic (exact) mass is 426 g/mol. The lowest BCUT2D eigenvalue weighted by Crippen LogP contribution is -2.56. The molecule has 5 rings (SSSR count). The molecule has 160 valence electrons. The Balaban J connectivity index is 1.36. The highest BCUT2D eigenvalue weighted by Crippen LogP contribution is 2.43. The lowest BCUT2D eigenvalue weighted by atomic mass is 9.94. The van der Waals surface area contributed by atoms with Gasteiger partial charge in [-0.3, -0.25) is 5.73 Å². The minimum atomic E-state index is -4.49. The number of nitrogens with two attached hydrogens (primary N) is 1. The predicted molar refractivity (Wildman–Crippen MR) is 112 cm³/mol. The zero-order valence-electron chi connectivity index (χ0n) is 16.5. The van der Waals surface area contributed by atoms with Crippen LogP contribution in [-0.4, -0.2) is 10.8 Å². The van der Waals surface area contributed by atoms with Gasteiger partial charge in [0.15, 0.2) is 5.85 Å². The molecule has 0 amide bonds. The number of fused-ring (bicyclic) bond motifs is 2. The van der Waals surface area contributed by atoms with E-state index in [9.17, 15) is 13.2 Å². The Kier molecular flexibility index (Phi) is 4.64. The van der Waals surface area contributed by atoms with Crippen molar-refractivity contribution in [2.75, 3.05) is 10.6 Å². The van der Waals surface area contributed by atoms with E-state index in [0.717, 1.165) is 30.2 Å². The molecule has 0 saturated heterocycles. The van der Waals surface area contributed by atoms with Gasteiger partial charge < -0.3 is 15.4 Å². The van der Waals surface area contributed by atoms with Crippen LogP contribution in [0.2, 0.25) is 0 Å². The highest BCUT2D eigenvalue weighted by atomic mass is 19.4. The maximum absolute atomic E-state index is 12.9. The van der Waals surface area contributed by atoms with Gasteiger partial charge >= 0.3 is 6.18 Å². The first-order valence-corrected chi connectivity index (χ1v) is 10.0. The molecule has 1 unspecified atom stereocenters. The number of halogens is 3. The van der Waals surface area contributed by atoms with Crippen molar-refractivity contribution < 1.29 is 17.9 Å². The van der Waals surface area contributed by atoms with Crippen LogP contribution in [0.3, 0.4) is 0 Å². The predicted octanol–water partition coefficient (Wildman–Crippen LogP) is 5.13. The Bertz CT molecular complexity index is 1130. The van der Waals surface area contributed by atoms with Gasteiger partial charge in [0.2, 0.25) is 0 Å². The maximum Gasteiger partial charge on any atom is 0.433 e. The van der Waals surface area contributed by atoms with Crippen LogP contribution in [0.5, 0.6) is 0 Å².